The normalized spacial score (nSPS) is 9.80. The van der Waals surface area contributed by atoms with Gasteiger partial charge in [-0.15, -0.1) is 0 Å². The van der Waals surface area contributed by atoms with E-state index in [1.165, 1.54) is 0 Å². The number of H-pyrrole nitrogens is 1. The summed E-state index contributed by atoms with van der Waals surface area (Å²) in [5, 5.41) is 0. The first-order valence-corrected chi connectivity index (χ1v) is 3.07. The molecule has 3 heteroatoms. The van der Waals surface area contributed by atoms with Gasteiger partial charge in [-0.05, 0) is 25.5 Å². The molecule has 0 aliphatic carbocycles. The lowest BCUT2D eigenvalue weighted by molar-refractivity contribution is 1.13. The largest absolute Gasteiger partial charge is 0.394 e. The van der Waals surface area contributed by atoms with Crippen molar-refractivity contribution in [2.24, 2.45) is 0 Å². The van der Waals surface area contributed by atoms with Crippen molar-refractivity contribution in [2.75, 3.05) is 5.73 Å². The SMILES string of the molecule is Cc1cc(C)c(N)c(=O)[nH]1. The molecule has 0 aromatic carbocycles. The third kappa shape index (κ3) is 1.03. The van der Waals surface area contributed by atoms with Gasteiger partial charge in [0.15, 0.2) is 0 Å². The molecule has 0 bridgehead atoms. The van der Waals surface area contributed by atoms with Crippen LogP contribution in [-0.4, -0.2) is 4.98 Å². The number of aromatic amines is 1. The van der Waals surface area contributed by atoms with E-state index >= 15 is 0 Å². The van der Waals surface area contributed by atoms with Crippen LogP contribution in [0.1, 0.15) is 11.3 Å². The number of pyridine rings is 1. The van der Waals surface area contributed by atoms with Crippen LogP contribution in [0, 0.1) is 13.8 Å². The number of nitrogens with one attached hydrogen (secondary N) is 1. The van der Waals surface area contributed by atoms with Crippen molar-refractivity contribution in [1.29, 1.82) is 0 Å². The number of hydrogen-bond acceptors (Lipinski definition) is 2. The summed E-state index contributed by atoms with van der Waals surface area (Å²) in [6.45, 7) is 3.64. The molecule has 0 saturated carbocycles. The van der Waals surface area contributed by atoms with Gasteiger partial charge >= 0.3 is 0 Å². The van der Waals surface area contributed by atoms with Crippen molar-refractivity contribution in [3.63, 3.8) is 0 Å². The van der Waals surface area contributed by atoms with Gasteiger partial charge in [0.05, 0.1) is 0 Å². The van der Waals surface area contributed by atoms with E-state index in [2.05, 4.69) is 4.98 Å². The maximum Gasteiger partial charge on any atom is 0.271 e. The molecule has 0 atom stereocenters. The number of hydrogen-bond donors (Lipinski definition) is 2. The summed E-state index contributed by atoms with van der Waals surface area (Å²) in [6, 6.07) is 1.84. The van der Waals surface area contributed by atoms with E-state index in [1.807, 2.05) is 19.9 Å². The Morgan fingerprint density at radius 1 is 1.50 bits per heavy atom. The highest BCUT2D eigenvalue weighted by molar-refractivity contribution is 5.43. The molecule has 1 heterocycles. The fourth-order valence-corrected chi connectivity index (χ4v) is 0.864. The molecule has 0 fully saturated rings. The van der Waals surface area contributed by atoms with E-state index in [-0.39, 0.29) is 5.56 Å². The molecule has 0 radical (unpaired) electrons. The van der Waals surface area contributed by atoms with Crippen LogP contribution >= 0.6 is 0 Å². The number of nitrogen functional groups attached to an aromatic ring is 1. The highest BCUT2D eigenvalue weighted by atomic mass is 16.1. The lowest BCUT2D eigenvalue weighted by atomic mass is 10.2. The highest BCUT2D eigenvalue weighted by Crippen LogP contribution is 2.02. The summed E-state index contributed by atoms with van der Waals surface area (Å²) in [7, 11) is 0. The maximum absolute atomic E-state index is 10.9. The van der Waals surface area contributed by atoms with Gasteiger partial charge in [0.25, 0.3) is 5.56 Å². The van der Waals surface area contributed by atoms with Crippen LogP contribution in [0.2, 0.25) is 0 Å². The van der Waals surface area contributed by atoms with Crippen molar-refractivity contribution in [3.05, 3.63) is 27.7 Å². The summed E-state index contributed by atoms with van der Waals surface area (Å²) in [5.41, 5.74) is 7.20. The van der Waals surface area contributed by atoms with E-state index in [0.29, 0.717) is 5.69 Å². The lowest BCUT2D eigenvalue weighted by Crippen LogP contribution is -2.13. The molecule has 0 saturated heterocycles. The van der Waals surface area contributed by atoms with Crippen molar-refractivity contribution >= 4 is 5.69 Å². The van der Waals surface area contributed by atoms with Gasteiger partial charge in [0.1, 0.15) is 5.69 Å². The van der Waals surface area contributed by atoms with Gasteiger partial charge in [-0.2, -0.15) is 0 Å². The molecule has 54 valence electrons. The Labute approximate surface area is 58.9 Å². The minimum absolute atomic E-state index is 0.197. The Morgan fingerprint density at radius 2 is 2.10 bits per heavy atom. The molecule has 0 amide bonds. The van der Waals surface area contributed by atoms with E-state index in [1.54, 1.807) is 0 Å². The molecule has 3 N–H and O–H groups in total. The zero-order valence-corrected chi connectivity index (χ0v) is 6.06. The van der Waals surface area contributed by atoms with E-state index in [4.69, 9.17) is 5.73 Å². The van der Waals surface area contributed by atoms with E-state index in [0.717, 1.165) is 11.3 Å². The van der Waals surface area contributed by atoms with Gasteiger partial charge < -0.3 is 10.7 Å². The summed E-state index contributed by atoms with van der Waals surface area (Å²) in [6.07, 6.45) is 0. The molecule has 1 aromatic rings. The van der Waals surface area contributed by atoms with Gasteiger partial charge in [-0.3, -0.25) is 4.79 Å². The van der Waals surface area contributed by atoms with Crippen LogP contribution in [0.4, 0.5) is 5.69 Å². The van der Waals surface area contributed by atoms with Crippen molar-refractivity contribution in [2.45, 2.75) is 13.8 Å². The molecular formula is C7H10N2O. The molecule has 0 unspecified atom stereocenters. The predicted molar refractivity (Wildman–Crippen MR) is 40.9 cm³/mol. The Hall–Kier alpha value is -1.25. The summed E-state index contributed by atoms with van der Waals surface area (Å²) in [5.74, 6) is 0. The Kier molecular flexibility index (Phi) is 1.49. The van der Waals surface area contributed by atoms with E-state index < -0.39 is 0 Å². The van der Waals surface area contributed by atoms with Gasteiger partial charge in [-0.25, -0.2) is 0 Å². The van der Waals surface area contributed by atoms with Crippen LogP contribution < -0.4 is 11.3 Å². The third-order valence-corrected chi connectivity index (χ3v) is 1.41. The average Bonchev–Trinajstić information content (AvgIpc) is 1.82. The maximum atomic E-state index is 10.9. The fraction of sp³-hybridized carbons (Fsp3) is 0.286. The Balaban J connectivity index is 3.46. The van der Waals surface area contributed by atoms with Crippen LogP contribution in [-0.2, 0) is 0 Å². The van der Waals surface area contributed by atoms with Crippen LogP contribution in [0.25, 0.3) is 0 Å². The summed E-state index contributed by atoms with van der Waals surface area (Å²) >= 11 is 0. The Bertz CT molecular complexity index is 301. The molecule has 0 spiro atoms. The molecular weight excluding hydrogens is 128 g/mol. The van der Waals surface area contributed by atoms with Crippen LogP contribution in [0.5, 0.6) is 0 Å². The molecule has 3 nitrogen and oxygen atoms in total. The lowest BCUT2D eigenvalue weighted by Gasteiger charge is -1.98. The highest BCUT2D eigenvalue weighted by Gasteiger charge is 1.97. The molecule has 1 aromatic heterocycles. The zero-order chi connectivity index (χ0) is 7.72. The van der Waals surface area contributed by atoms with Gasteiger partial charge in [0.2, 0.25) is 0 Å². The predicted octanol–water partition coefficient (Wildman–Crippen LogP) is 0.574. The number of anilines is 1. The Morgan fingerprint density at radius 3 is 2.60 bits per heavy atom. The third-order valence-electron chi connectivity index (χ3n) is 1.41. The molecule has 0 aliphatic heterocycles. The topological polar surface area (TPSA) is 58.9 Å². The van der Waals surface area contributed by atoms with Crippen LogP contribution in [0.15, 0.2) is 10.9 Å². The molecule has 10 heavy (non-hydrogen) atoms. The number of aryl methyl sites for hydroxylation is 2. The molecule has 1 rings (SSSR count). The zero-order valence-electron chi connectivity index (χ0n) is 6.06. The number of nitrogens with two attached hydrogens (primary N) is 1. The quantitative estimate of drug-likeness (QED) is 0.550. The monoisotopic (exact) mass is 138 g/mol. The average molecular weight is 138 g/mol. The minimum Gasteiger partial charge on any atom is -0.394 e. The second-order valence-corrected chi connectivity index (χ2v) is 2.38. The van der Waals surface area contributed by atoms with Crippen molar-refractivity contribution in [3.8, 4) is 0 Å². The van der Waals surface area contributed by atoms with Crippen molar-refractivity contribution in [1.82, 2.24) is 4.98 Å². The van der Waals surface area contributed by atoms with Gasteiger partial charge in [-0.1, -0.05) is 0 Å². The molecule has 0 aliphatic rings. The first-order valence-electron chi connectivity index (χ1n) is 3.07. The summed E-state index contributed by atoms with van der Waals surface area (Å²) < 4.78 is 0. The smallest absolute Gasteiger partial charge is 0.271 e. The van der Waals surface area contributed by atoms with Crippen molar-refractivity contribution < 1.29 is 0 Å². The fourth-order valence-electron chi connectivity index (χ4n) is 0.864. The standard InChI is InChI=1S/C7H10N2O/c1-4-3-5(2)9-7(10)6(4)8/h3H,8H2,1-2H3,(H,9,10). The van der Waals surface area contributed by atoms with E-state index in [9.17, 15) is 4.79 Å². The first kappa shape index (κ1) is 6.86. The first-order chi connectivity index (χ1) is 4.61. The summed E-state index contributed by atoms with van der Waals surface area (Å²) in [4.78, 5) is 13.5. The number of aromatic nitrogens is 1. The second kappa shape index (κ2) is 2.17. The number of rotatable bonds is 0. The minimum atomic E-state index is -0.197. The van der Waals surface area contributed by atoms with Crippen LogP contribution in [0.3, 0.4) is 0 Å². The second-order valence-electron chi connectivity index (χ2n) is 2.38. The van der Waals surface area contributed by atoms with Gasteiger partial charge in [0, 0.05) is 5.69 Å².